The monoisotopic (exact) mass is 268 g/mol. The molecule has 0 aromatic rings. The van der Waals surface area contributed by atoms with Crippen LogP contribution in [0.5, 0.6) is 0 Å². The summed E-state index contributed by atoms with van der Waals surface area (Å²) in [5.41, 5.74) is 5.13. The molecule has 0 aromatic heterocycles. The summed E-state index contributed by atoms with van der Waals surface area (Å²) in [6.07, 6.45) is 4.67. The Morgan fingerprint density at radius 3 is 2.42 bits per heavy atom. The van der Waals surface area contributed by atoms with Crippen molar-refractivity contribution in [2.75, 3.05) is 13.1 Å². The van der Waals surface area contributed by atoms with Crippen LogP contribution in [0.4, 0.5) is 0 Å². The zero-order valence-corrected chi connectivity index (χ0v) is 11.6. The van der Waals surface area contributed by atoms with Crippen LogP contribution in [0.1, 0.15) is 45.4 Å². The number of amides is 1. The minimum Gasteiger partial charge on any atom is -0.481 e. The molecule has 1 aliphatic heterocycles. The lowest BCUT2D eigenvalue weighted by atomic mass is 9.84. The molecule has 1 aliphatic carbocycles. The molecule has 0 spiro atoms. The van der Waals surface area contributed by atoms with Crippen molar-refractivity contribution >= 4 is 11.9 Å². The van der Waals surface area contributed by atoms with E-state index in [1.165, 1.54) is 0 Å². The largest absolute Gasteiger partial charge is 0.481 e. The molecule has 2 fully saturated rings. The van der Waals surface area contributed by atoms with Crippen LogP contribution in [0.2, 0.25) is 0 Å². The summed E-state index contributed by atoms with van der Waals surface area (Å²) in [4.78, 5) is 25.6. The molecular formula is C14H24N2O3. The molecule has 1 saturated heterocycles. The van der Waals surface area contributed by atoms with Crippen molar-refractivity contribution in [3.8, 4) is 0 Å². The molecule has 0 aromatic carbocycles. The van der Waals surface area contributed by atoms with Crippen LogP contribution in [0, 0.1) is 11.3 Å². The maximum Gasteiger partial charge on any atom is 0.311 e. The standard InChI is InChI=1S/C14H24N2O3/c1-2-14(13(18)19)7-8-16(9-14)12(17)10-3-5-11(15)6-4-10/h10-11H,2-9,15H2,1H3,(H,18,19). The highest BCUT2D eigenvalue weighted by molar-refractivity contribution is 5.82. The summed E-state index contributed by atoms with van der Waals surface area (Å²) >= 11 is 0. The van der Waals surface area contributed by atoms with Crippen LogP contribution in [0.15, 0.2) is 0 Å². The molecule has 3 N–H and O–H groups in total. The number of carboxylic acid groups (broad SMARTS) is 1. The number of carbonyl (C=O) groups is 2. The van der Waals surface area contributed by atoms with Crippen LogP contribution in [0.3, 0.4) is 0 Å². The van der Waals surface area contributed by atoms with Crippen molar-refractivity contribution in [3.63, 3.8) is 0 Å². The smallest absolute Gasteiger partial charge is 0.311 e. The Kier molecular flexibility index (Phi) is 4.13. The van der Waals surface area contributed by atoms with Crippen LogP contribution in [0.25, 0.3) is 0 Å². The molecule has 108 valence electrons. The number of rotatable bonds is 3. The van der Waals surface area contributed by atoms with Crippen molar-refractivity contribution < 1.29 is 14.7 Å². The van der Waals surface area contributed by atoms with E-state index in [1.54, 1.807) is 4.90 Å². The summed E-state index contributed by atoms with van der Waals surface area (Å²) in [5, 5.41) is 9.35. The van der Waals surface area contributed by atoms with Gasteiger partial charge in [0.1, 0.15) is 0 Å². The Balaban J connectivity index is 1.97. The van der Waals surface area contributed by atoms with Crippen LogP contribution < -0.4 is 5.73 Å². The number of nitrogens with zero attached hydrogens (tertiary/aromatic N) is 1. The molecule has 5 nitrogen and oxygen atoms in total. The Labute approximate surface area is 114 Å². The van der Waals surface area contributed by atoms with Crippen molar-refractivity contribution in [2.24, 2.45) is 17.1 Å². The fraction of sp³-hybridized carbons (Fsp3) is 0.857. The van der Waals surface area contributed by atoms with E-state index in [2.05, 4.69) is 0 Å². The van der Waals surface area contributed by atoms with Gasteiger partial charge in [-0.05, 0) is 38.5 Å². The number of carboxylic acids is 1. The Bertz CT molecular complexity index is 364. The first-order valence-electron chi connectivity index (χ1n) is 7.26. The topological polar surface area (TPSA) is 83.6 Å². The second kappa shape index (κ2) is 5.49. The first kappa shape index (κ1) is 14.3. The predicted octanol–water partition coefficient (Wildman–Crippen LogP) is 1.22. The third-order valence-corrected chi connectivity index (χ3v) is 4.92. The van der Waals surface area contributed by atoms with E-state index in [-0.39, 0.29) is 17.9 Å². The summed E-state index contributed by atoms with van der Waals surface area (Å²) < 4.78 is 0. The maximum atomic E-state index is 12.4. The van der Waals surface area contributed by atoms with Gasteiger partial charge in [0.2, 0.25) is 5.91 Å². The predicted molar refractivity (Wildman–Crippen MR) is 71.5 cm³/mol. The molecule has 1 amide bonds. The molecule has 2 rings (SSSR count). The molecule has 19 heavy (non-hydrogen) atoms. The molecule has 1 heterocycles. The van der Waals surface area contributed by atoms with Gasteiger partial charge >= 0.3 is 5.97 Å². The van der Waals surface area contributed by atoms with Gasteiger partial charge in [0.25, 0.3) is 0 Å². The van der Waals surface area contributed by atoms with Gasteiger partial charge in [-0.3, -0.25) is 9.59 Å². The lowest BCUT2D eigenvalue weighted by Crippen LogP contribution is -2.41. The molecule has 1 unspecified atom stereocenters. The highest BCUT2D eigenvalue weighted by atomic mass is 16.4. The van der Waals surface area contributed by atoms with Gasteiger partial charge < -0.3 is 15.7 Å². The summed E-state index contributed by atoms with van der Waals surface area (Å²) in [7, 11) is 0. The van der Waals surface area contributed by atoms with Gasteiger partial charge in [-0.2, -0.15) is 0 Å². The number of carbonyl (C=O) groups excluding carboxylic acids is 1. The minimum atomic E-state index is -0.768. The SMILES string of the molecule is CCC1(C(=O)O)CCN(C(=O)C2CCC(N)CC2)C1. The summed E-state index contributed by atoms with van der Waals surface area (Å²) in [6.45, 7) is 2.85. The third kappa shape index (κ3) is 2.76. The average Bonchev–Trinajstić information content (AvgIpc) is 2.84. The number of nitrogens with two attached hydrogens (primary N) is 1. The van der Waals surface area contributed by atoms with E-state index in [9.17, 15) is 14.7 Å². The molecule has 2 aliphatic rings. The molecular weight excluding hydrogens is 244 g/mol. The van der Waals surface area contributed by atoms with Gasteiger partial charge in [0.15, 0.2) is 0 Å². The zero-order valence-electron chi connectivity index (χ0n) is 11.6. The van der Waals surface area contributed by atoms with Gasteiger partial charge in [-0.15, -0.1) is 0 Å². The van der Waals surface area contributed by atoms with Crippen molar-refractivity contribution in [3.05, 3.63) is 0 Å². The van der Waals surface area contributed by atoms with E-state index < -0.39 is 11.4 Å². The van der Waals surface area contributed by atoms with E-state index in [1.807, 2.05) is 6.92 Å². The Morgan fingerprint density at radius 1 is 1.32 bits per heavy atom. The molecule has 0 radical (unpaired) electrons. The summed E-state index contributed by atoms with van der Waals surface area (Å²) in [6, 6.07) is 0.233. The fourth-order valence-corrected chi connectivity index (χ4v) is 3.30. The zero-order chi connectivity index (χ0) is 14.0. The van der Waals surface area contributed by atoms with Crippen LogP contribution >= 0.6 is 0 Å². The van der Waals surface area contributed by atoms with E-state index >= 15 is 0 Å². The van der Waals surface area contributed by atoms with E-state index in [0.29, 0.717) is 25.9 Å². The van der Waals surface area contributed by atoms with Gasteiger partial charge in [0, 0.05) is 25.0 Å². The lowest BCUT2D eigenvalue weighted by molar-refractivity contribution is -0.149. The second-order valence-corrected chi connectivity index (χ2v) is 6.06. The van der Waals surface area contributed by atoms with Crippen molar-refractivity contribution in [1.29, 1.82) is 0 Å². The van der Waals surface area contributed by atoms with Gasteiger partial charge in [-0.1, -0.05) is 6.92 Å². The summed E-state index contributed by atoms with van der Waals surface area (Å²) in [5.74, 6) is -0.569. The average molecular weight is 268 g/mol. The minimum absolute atomic E-state index is 0.0567. The first-order chi connectivity index (χ1) is 8.98. The Hall–Kier alpha value is -1.10. The molecule has 5 heteroatoms. The highest BCUT2D eigenvalue weighted by Crippen LogP contribution is 2.36. The number of hydrogen-bond acceptors (Lipinski definition) is 3. The highest BCUT2D eigenvalue weighted by Gasteiger charge is 2.45. The quantitative estimate of drug-likeness (QED) is 0.806. The fourth-order valence-electron chi connectivity index (χ4n) is 3.30. The molecule has 0 bridgehead atoms. The lowest BCUT2D eigenvalue weighted by Gasteiger charge is -2.30. The van der Waals surface area contributed by atoms with Crippen molar-refractivity contribution in [1.82, 2.24) is 4.90 Å². The molecule has 1 saturated carbocycles. The number of aliphatic carboxylic acids is 1. The normalized spacial score (nSPS) is 35.4. The van der Waals surface area contributed by atoms with E-state index in [4.69, 9.17) is 5.73 Å². The Morgan fingerprint density at radius 2 is 1.95 bits per heavy atom. The van der Waals surface area contributed by atoms with Gasteiger partial charge in [-0.25, -0.2) is 0 Å². The second-order valence-electron chi connectivity index (χ2n) is 6.06. The number of likely N-dealkylation sites (tertiary alicyclic amines) is 1. The van der Waals surface area contributed by atoms with Gasteiger partial charge in [0.05, 0.1) is 5.41 Å². The van der Waals surface area contributed by atoms with Crippen LogP contribution in [-0.4, -0.2) is 41.0 Å². The molecule has 1 atom stereocenters. The number of hydrogen-bond donors (Lipinski definition) is 2. The van der Waals surface area contributed by atoms with E-state index in [0.717, 1.165) is 25.7 Å². The van der Waals surface area contributed by atoms with Crippen molar-refractivity contribution in [2.45, 2.75) is 51.5 Å². The third-order valence-electron chi connectivity index (χ3n) is 4.92. The first-order valence-corrected chi connectivity index (χ1v) is 7.26. The maximum absolute atomic E-state index is 12.4. The van der Waals surface area contributed by atoms with Crippen LogP contribution in [-0.2, 0) is 9.59 Å².